The molecule has 0 unspecified atom stereocenters. The number of rotatable bonds is 5. The van der Waals surface area contributed by atoms with E-state index in [0.29, 0.717) is 6.07 Å². The van der Waals surface area contributed by atoms with Crippen molar-refractivity contribution >= 4 is 17.6 Å². The lowest BCUT2D eigenvalue weighted by molar-refractivity contribution is -0.173. The molecule has 0 bridgehead atoms. The van der Waals surface area contributed by atoms with E-state index in [4.69, 9.17) is 16.3 Å². The minimum absolute atomic E-state index is 0.167. The number of hydrogen-bond donors (Lipinski definition) is 0. The van der Waals surface area contributed by atoms with Gasteiger partial charge in [0.25, 0.3) is 0 Å². The third-order valence-corrected chi connectivity index (χ3v) is 3.24. The summed E-state index contributed by atoms with van der Waals surface area (Å²) in [6.07, 6.45) is 2.88. The van der Waals surface area contributed by atoms with Crippen molar-refractivity contribution in [2.75, 3.05) is 6.61 Å². The maximum Gasteiger partial charge on any atom is 0.382 e. The van der Waals surface area contributed by atoms with Crippen molar-refractivity contribution in [3.63, 3.8) is 0 Å². The molecule has 0 saturated heterocycles. The summed E-state index contributed by atoms with van der Waals surface area (Å²) in [5.41, 5.74) is -0.575. The molecule has 5 nitrogen and oxygen atoms in total. The fourth-order valence-corrected chi connectivity index (χ4v) is 2.07. The highest BCUT2D eigenvalue weighted by Crippen LogP contribution is 2.41. The van der Waals surface area contributed by atoms with Crippen molar-refractivity contribution in [3.05, 3.63) is 46.5 Å². The van der Waals surface area contributed by atoms with Gasteiger partial charge in [0.05, 0.1) is 17.2 Å². The van der Waals surface area contributed by atoms with Crippen LogP contribution in [0, 0.1) is 12.7 Å². The van der Waals surface area contributed by atoms with Gasteiger partial charge in [-0.05, 0) is 31.5 Å². The smallest absolute Gasteiger partial charge is 0.382 e. The molecule has 0 spiro atoms. The van der Waals surface area contributed by atoms with Crippen LogP contribution in [0.15, 0.2) is 24.5 Å². The number of hydrogen-bond acceptors (Lipinski definition) is 5. The Balaban J connectivity index is 2.43. The topological polar surface area (TPSA) is 61.3 Å². The van der Waals surface area contributed by atoms with E-state index in [1.807, 2.05) is 0 Å². The van der Waals surface area contributed by atoms with E-state index in [2.05, 4.69) is 14.7 Å². The standard InChI is InChI=1S/C15H12ClF3N2O3/c1-3-23-13(22)15(18,19)11-9(17)4-5-10(12(11)16)24-14-20-6-8(2)7-21-14/h4-7H,3H2,1-2H3. The van der Waals surface area contributed by atoms with E-state index in [-0.39, 0.29) is 18.4 Å². The SMILES string of the molecule is CCOC(=O)C(F)(F)c1c(F)ccc(Oc2ncc(C)cn2)c1Cl. The molecule has 0 fully saturated rings. The third kappa shape index (κ3) is 3.59. The van der Waals surface area contributed by atoms with E-state index < -0.39 is 28.3 Å². The molecular formula is C15H12ClF3N2O3. The highest BCUT2D eigenvalue weighted by molar-refractivity contribution is 6.33. The maximum atomic E-state index is 14.1. The van der Waals surface area contributed by atoms with Gasteiger partial charge in [-0.15, -0.1) is 0 Å². The molecule has 9 heteroatoms. The predicted molar refractivity (Wildman–Crippen MR) is 78.8 cm³/mol. The Morgan fingerprint density at radius 3 is 2.50 bits per heavy atom. The van der Waals surface area contributed by atoms with Gasteiger partial charge >= 0.3 is 17.9 Å². The van der Waals surface area contributed by atoms with E-state index >= 15 is 0 Å². The minimum atomic E-state index is -4.27. The number of benzene rings is 1. The zero-order valence-corrected chi connectivity index (χ0v) is 13.4. The number of ether oxygens (including phenoxy) is 2. The molecule has 2 aromatic rings. The Kier molecular flexibility index (Phi) is 5.28. The van der Waals surface area contributed by atoms with E-state index in [0.717, 1.165) is 11.6 Å². The van der Waals surface area contributed by atoms with Crippen molar-refractivity contribution in [2.45, 2.75) is 19.8 Å². The highest BCUT2D eigenvalue weighted by atomic mass is 35.5. The summed E-state index contributed by atoms with van der Waals surface area (Å²) in [6.45, 7) is 2.80. The van der Waals surface area contributed by atoms with Gasteiger partial charge in [0.15, 0.2) is 0 Å². The second-order valence-electron chi connectivity index (χ2n) is 4.67. The Morgan fingerprint density at radius 2 is 1.92 bits per heavy atom. The van der Waals surface area contributed by atoms with Crippen LogP contribution < -0.4 is 4.74 Å². The van der Waals surface area contributed by atoms with Crippen LogP contribution in [0.25, 0.3) is 0 Å². The monoisotopic (exact) mass is 360 g/mol. The Morgan fingerprint density at radius 1 is 1.29 bits per heavy atom. The second-order valence-corrected chi connectivity index (χ2v) is 5.05. The number of carbonyl (C=O) groups excluding carboxylic acids is 1. The molecule has 0 radical (unpaired) electrons. The molecule has 0 aliphatic heterocycles. The number of carbonyl (C=O) groups is 1. The summed E-state index contributed by atoms with van der Waals surface area (Å²) in [6, 6.07) is 1.57. The van der Waals surface area contributed by atoms with Gasteiger partial charge in [-0.2, -0.15) is 8.78 Å². The number of nitrogens with zero attached hydrogens (tertiary/aromatic N) is 2. The first-order valence-corrected chi connectivity index (χ1v) is 7.15. The molecule has 24 heavy (non-hydrogen) atoms. The average Bonchev–Trinajstić information content (AvgIpc) is 2.52. The van der Waals surface area contributed by atoms with Gasteiger partial charge in [0, 0.05) is 12.4 Å². The Bertz CT molecular complexity index is 754. The average molecular weight is 361 g/mol. The minimum Gasteiger partial charge on any atom is -0.461 e. The second kappa shape index (κ2) is 7.04. The summed E-state index contributed by atoms with van der Waals surface area (Å²) in [5, 5.41) is -0.766. The molecule has 0 N–H and O–H groups in total. The molecule has 0 saturated carbocycles. The zero-order chi connectivity index (χ0) is 17.9. The van der Waals surface area contributed by atoms with Gasteiger partial charge in [-0.1, -0.05) is 11.6 Å². The summed E-state index contributed by atoms with van der Waals surface area (Å²) >= 11 is 5.82. The van der Waals surface area contributed by atoms with Crippen LogP contribution in [0.3, 0.4) is 0 Å². The van der Waals surface area contributed by atoms with Gasteiger partial charge in [0.2, 0.25) is 0 Å². The Hall–Kier alpha value is -2.35. The summed E-state index contributed by atoms with van der Waals surface area (Å²) < 4.78 is 51.6. The Labute approximate surface area is 140 Å². The molecule has 128 valence electrons. The highest BCUT2D eigenvalue weighted by Gasteiger charge is 2.47. The normalized spacial score (nSPS) is 11.2. The molecule has 0 amide bonds. The fourth-order valence-electron chi connectivity index (χ4n) is 1.76. The van der Waals surface area contributed by atoms with Crippen molar-refractivity contribution in [1.82, 2.24) is 9.97 Å². The van der Waals surface area contributed by atoms with Crippen molar-refractivity contribution in [3.8, 4) is 11.8 Å². The largest absolute Gasteiger partial charge is 0.461 e. The van der Waals surface area contributed by atoms with Gasteiger partial charge in [-0.25, -0.2) is 19.2 Å². The van der Waals surface area contributed by atoms with Crippen LogP contribution in [0.4, 0.5) is 13.2 Å². The van der Waals surface area contributed by atoms with Gasteiger partial charge in [0.1, 0.15) is 11.6 Å². The van der Waals surface area contributed by atoms with Crippen LogP contribution in [0.5, 0.6) is 11.8 Å². The maximum absolute atomic E-state index is 14.1. The van der Waals surface area contributed by atoms with Gasteiger partial charge < -0.3 is 9.47 Å². The fraction of sp³-hybridized carbons (Fsp3) is 0.267. The molecule has 1 aromatic heterocycles. The molecule has 0 aliphatic rings. The summed E-state index contributed by atoms with van der Waals surface area (Å²) in [5.74, 6) is -7.87. The first-order valence-electron chi connectivity index (χ1n) is 6.77. The molecule has 0 atom stereocenters. The molecule has 0 aliphatic carbocycles. The number of alkyl halides is 2. The summed E-state index contributed by atoms with van der Waals surface area (Å²) in [7, 11) is 0. The number of halogens is 4. The third-order valence-electron chi connectivity index (χ3n) is 2.86. The van der Waals surface area contributed by atoms with Crippen LogP contribution in [0.2, 0.25) is 5.02 Å². The number of aromatic nitrogens is 2. The first kappa shape index (κ1) is 18.0. The van der Waals surface area contributed by atoms with E-state index in [1.165, 1.54) is 19.3 Å². The number of aryl methyl sites for hydroxylation is 1. The van der Waals surface area contributed by atoms with Crippen molar-refractivity contribution in [1.29, 1.82) is 0 Å². The van der Waals surface area contributed by atoms with Crippen molar-refractivity contribution in [2.24, 2.45) is 0 Å². The van der Waals surface area contributed by atoms with Gasteiger partial charge in [-0.3, -0.25) is 0 Å². The molecule has 2 rings (SSSR count). The lowest BCUT2D eigenvalue weighted by Crippen LogP contribution is -2.30. The van der Waals surface area contributed by atoms with Crippen LogP contribution in [-0.4, -0.2) is 22.5 Å². The lowest BCUT2D eigenvalue weighted by atomic mass is 10.1. The molecule has 1 aromatic carbocycles. The van der Waals surface area contributed by atoms with Crippen LogP contribution >= 0.6 is 11.6 Å². The molecular weight excluding hydrogens is 349 g/mol. The lowest BCUT2D eigenvalue weighted by Gasteiger charge is -2.18. The van der Waals surface area contributed by atoms with E-state index in [9.17, 15) is 18.0 Å². The first-order chi connectivity index (χ1) is 11.3. The summed E-state index contributed by atoms with van der Waals surface area (Å²) in [4.78, 5) is 19.1. The zero-order valence-electron chi connectivity index (χ0n) is 12.6. The van der Waals surface area contributed by atoms with Crippen molar-refractivity contribution < 1.29 is 27.4 Å². The van der Waals surface area contributed by atoms with Crippen LogP contribution in [-0.2, 0) is 15.5 Å². The number of esters is 1. The predicted octanol–water partition coefficient (Wildman–Crippen LogP) is 4.02. The van der Waals surface area contributed by atoms with Crippen LogP contribution in [0.1, 0.15) is 18.1 Å². The van der Waals surface area contributed by atoms with E-state index in [1.54, 1.807) is 6.92 Å². The quantitative estimate of drug-likeness (QED) is 0.753. The molecule has 1 heterocycles.